The van der Waals surface area contributed by atoms with E-state index in [0.29, 0.717) is 18.4 Å². The number of benzene rings is 1. The second kappa shape index (κ2) is 8.01. The minimum atomic E-state index is -0.627. The number of nitrogens with one attached hydrogen (secondary N) is 3. The van der Waals surface area contributed by atoms with Crippen LogP contribution in [0.1, 0.15) is 22.3 Å². The van der Waals surface area contributed by atoms with Crippen molar-refractivity contribution in [3.8, 4) is 5.75 Å². The van der Waals surface area contributed by atoms with Crippen LogP contribution in [0.5, 0.6) is 5.75 Å². The molecule has 1 amide bonds. The van der Waals surface area contributed by atoms with Crippen LogP contribution in [-0.2, 0) is 0 Å². The molecule has 3 aromatic rings. The van der Waals surface area contributed by atoms with Crippen LogP contribution in [0.25, 0.3) is 0 Å². The molecule has 0 saturated carbocycles. The number of fused-ring (bicyclic) bond motifs is 1. The van der Waals surface area contributed by atoms with Crippen molar-refractivity contribution in [3.63, 3.8) is 0 Å². The van der Waals surface area contributed by atoms with Gasteiger partial charge in [-0.3, -0.25) is 4.79 Å². The molecule has 9 nitrogen and oxygen atoms in total. The Kier molecular flexibility index (Phi) is 5.10. The van der Waals surface area contributed by atoms with Gasteiger partial charge in [0.2, 0.25) is 5.95 Å². The number of primary amides is 1. The molecule has 0 atom stereocenters. The molecule has 2 aromatic heterocycles. The highest BCUT2D eigenvalue weighted by atomic mass is 16.5. The van der Waals surface area contributed by atoms with E-state index in [1.807, 2.05) is 31.2 Å². The lowest BCUT2D eigenvalue weighted by Gasteiger charge is -2.13. The predicted octanol–water partition coefficient (Wildman–Crippen LogP) is 2.96. The van der Waals surface area contributed by atoms with Gasteiger partial charge in [-0.15, -0.1) is 0 Å². The maximum Gasteiger partial charge on any atom is 0.254 e. The molecular weight excluding hydrogens is 370 g/mol. The minimum Gasteiger partial charge on any atom is -0.491 e. The van der Waals surface area contributed by atoms with Gasteiger partial charge in [0.05, 0.1) is 12.3 Å². The fraction of sp³-hybridized carbons (Fsp3) is 0.200. The maximum absolute atomic E-state index is 11.8. The standard InChI is InChI=1S/C20H21N7O2/c1-12-3-6-17(23-10-12)26-19-14(18(21)28)11-24-20(27-19)25-13-4-5-16-15(9-13)22-7-2-8-29-16/h3-6,9-11,22H,2,7-8H2,1H3,(H2,21,28)(H2,23,24,25,26,27). The Morgan fingerprint density at radius 2 is 2.07 bits per heavy atom. The summed E-state index contributed by atoms with van der Waals surface area (Å²) in [6.45, 7) is 3.48. The van der Waals surface area contributed by atoms with Gasteiger partial charge in [-0.1, -0.05) is 6.07 Å². The molecule has 29 heavy (non-hydrogen) atoms. The van der Waals surface area contributed by atoms with Crippen LogP contribution in [0.15, 0.2) is 42.7 Å². The average molecular weight is 391 g/mol. The van der Waals surface area contributed by atoms with Gasteiger partial charge in [-0.05, 0) is 43.2 Å². The number of hydrogen-bond donors (Lipinski definition) is 4. The van der Waals surface area contributed by atoms with Crippen molar-refractivity contribution in [3.05, 3.63) is 53.9 Å². The number of aryl methyl sites for hydroxylation is 1. The predicted molar refractivity (Wildman–Crippen MR) is 111 cm³/mol. The van der Waals surface area contributed by atoms with E-state index >= 15 is 0 Å². The first-order chi connectivity index (χ1) is 14.1. The fourth-order valence-corrected chi connectivity index (χ4v) is 2.86. The Labute approximate surface area is 167 Å². The number of carbonyl (C=O) groups is 1. The van der Waals surface area contributed by atoms with Crippen LogP contribution in [0, 0.1) is 6.92 Å². The molecule has 1 aliphatic rings. The molecule has 0 aliphatic carbocycles. The van der Waals surface area contributed by atoms with E-state index in [4.69, 9.17) is 10.5 Å². The number of hydrogen-bond acceptors (Lipinski definition) is 8. The fourth-order valence-electron chi connectivity index (χ4n) is 2.86. The molecule has 0 saturated heterocycles. The van der Waals surface area contributed by atoms with Gasteiger partial charge in [0.15, 0.2) is 0 Å². The van der Waals surface area contributed by atoms with Crippen LogP contribution < -0.4 is 26.4 Å². The molecule has 0 radical (unpaired) electrons. The zero-order chi connectivity index (χ0) is 20.2. The van der Waals surface area contributed by atoms with Crippen LogP contribution in [0.4, 0.5) is 29.0 Å². The number of nitrogens with zero attached hydrogens (tertiary/aromatic N) is 3. The van der Waals surface area contributed by atoms with Crippen molar-refractivity contribution in [1.82, 2.24) is 15.0 Å². The number of pyridine rings is 1. The number of nitrogens with two attached hydrogens (primary N) is 1. The number of ether oxygens (including phenoxy) is 1. The number of amides is 1. The van der Waals surface area contributed by atoms with Crippen LogP contribution in [0.2, 0.25) is 0 Å². The third-order valence-corrected chi connectivity index (χ3v) is 4.34. The van der Waals surface area contributed by atoms with E-state index in [2.05, 4.69) is 30.9 Å². The third-order valence-electron chi connectivity index (χ3n) is 4.34. The van der Waals surface area contributed by atoms with Crippen molar-refractivity contribution >= 4 is 34.9 Å². The molecule has 0 unspecified atom stereocenters. The van der Waals surface area contributed by atoms with Crippen molar-refractivity contribution in [2.75, 3.05) is 29.1 Å². The van der Waals surface area contributed by atoms with Crippen LogP contribution in [0.3, 0.4) is 0 Å². The lowest BCUT2D eigenvalue weighted by Crippen LogP contribution is -2.16. The van der Waals surface area contributed by atoms with Crippen LogP contribution in [-0.4, -0.2) is 34.0 Å². The smallest absolute Gasteiger partial charge is 0.254 e. The molecule has 148 valence electrons. The lowest BCUT2D eigenvalue weighted by molar-refractivity contribution is 0.100. The van der Waals surface area contributed by atoms with Crippen molar-refractivity contribution < 1.29 is 9.53 Å². The summed E-state index contributed by atoms with van der Waals surface area (Å²) in [4.78, 5) is 24.7. The van der Waals surface area contributed by atoms with Gasteiger partial charge in [-0.2, -0.15) is 4.98 Å². The van der Waals surface area contributed by atoms with E-state index in [-0.39, 0.29) is 11.4 Å². The molecule has 1 aromatic carbocycles. The Balaban J connectivity index is 1.60. The second-order valence-electron chi connectivity index (χ2n) is 6.63. The Morgan fingerprint density at radius 3 is 2.86 bits per heavy atom. The molecule has 0 spiro atoms. The van der Waals surface area contributed by atoms with Gasteiger partial charge >= 0.3 is 0 Å². The highest BCUT2D eigenvalue weighted by Crippen LogP contribution is 2.31. The summed E-state index contributed by atoms with van der Waals surface area (Å²) < 4.78 is 5.70. The molecule has 4 rings (SSSR count). The summed E-state index contributed by atoms with van der Waals surface area (Å²) in [5, 5.41) is 9.51. The monoisotopic (exact) mass is 391 g/mol. The average Bonchev–Trinajstić information content (AvgIpc) is 2.95. The first-order valence-corrected chi connectivity index (χ1v) is 9.23. The normalized spacial score (nSPS) is 12.7. The van der Waals surface area contributed by atoms with Crippen LogP contribution >= 0.6 is 0 Å². The van der Waals surface area contributed by atoms with Crippen molar-refractivity contribution in [1.29, 1.82) is 0 Å². The van der Waals surface area contributed by atoms with Crippen molar-refractivity contribution in [2.24, 2.45) is 5.73 Å². The molecule has 1 aliphatic heterocycles. The SMILES string of the molecule is Cc1ccc(Nc2nc(Nc3ccc4c(c3)NCCCO4)ncc2C(N)=O)nc1. The highest BCUT2D eigenvalue weighted by Gasteiger charge is 2.14. The Morgan fingerprint density at radius 1 is 1.17 bits per heavy atom. The number of rotatable bonds is 5. The number of carbonyl (C=O) groups excluding carboxylic acids is 1. The zero-order valence-corrected chi connectivity index (χ0v) is 15.9. The molecular formula is C20H21N7O2. The van der Waals surface area contributed by atoms with Gasteiger partial charge in [0.1, 0.15) is 22.9 Å². The topological polar surface area (TPSA) is 127 Å². The molecule has 9 heteroatoms. The largest absolute Gasteiger partial charge is 0.491 e. The van der Waals surface area contributed by atoms with E-state index in [9.17, 15) is 4.79 Å². The Hall–Kier alpha value is -3.88. The van der Waals surface area contributed by atoms with Crippen molar-refractivity contribution in [2.45, 2.75) is 13.3 Å². The Bertz CT molecular complexity index is 1040. The van der Waals surface area contributed by atoms with E-state index < -0.39 is 5.91 Å². The van der Waals surface area contributed by atoms with E-state index in [1.165, 1.54) is 6.20 Å². The van der Waals surface area contributed by atoms with Gasteiger partial charge in [0, 0.05) is 24.6 Å². The molecule has 5 N–H and O–H groups in total. The summed E-state index contributed by atoms with van der Waals surface area (Å²) in [6.07, 6.45) is 4.05. The third kappa shape index (κ3) is 4.34. The van der Waals surface area contributed by atoms with E-state index in [0.717, 1.165) is 35.7 Å². The highest BCUT2D eigenvalue weighted by molar-refractivity contribution is 5.98. The summed E-state index contributed by atoms with van der Waals surface area (Å²) in [6, 6.07) is 9.41. The van der Waals surface area contributed by atoms with Gasteiger partial charge < -0.3 is 26.4 Å². The maximum atomic E-state index is 11.8. The summed E-state index contributed by atoms with van der Waals surface area (Å²) in [7, 11) is 0. The molecule has 3 heterocycles. The minimum absolute atomic E-state index is 0.176. The molecule has 0 bridgehead atoms. The van der Waals surface area contributed by atoms with Gasteiger partial charge in [0.25, 0.3) is 5.91 Å². The molecule has 0 fully saturated rings. The zero-order valence-electron chi connectivity index (χ0n) is 15.9. The van der Waals surface area contributed by atoms with E-state index in [1.54, 1.807) is 12.3 Å². The number of anilines is 5. The second-order valence-corrected chi connectivity index (χ2v) is 6.63. The first kappa shape index (κ1) is 18.5. The van der Waals surface area contributed by atoms with Gasteiger partial charge in [-0.25, -0.2) is 9.97 Å². The summed E-state index contributed by atoms with van der Waals surface area (Å²) in [5.41, 5.74) is 8.36. The quantitative estimate of drug-likeness (QED) is 0.523. The first-order valence-electron chi connectivity index (χ1n) is 9.23. The summed E-state index contributed by atoms with van der Waals surface area (Å²) in [5.74, 6) is 1.33. The number of aromatic nitrogens is 3. The lowest BCUT2D eigenvalue weighted by atomic mass is 10.2. The summed E-state index contributed by atoms with van der Waals surface area (Å²) >= 11 is 0.